The Morgan fingerprint density at radius 2 is 1.70 bits per heavy atom. The monoisotopic (exact) mass is 506 g/mol. The van der Waals surface area contributed by atoms with Crippen LogP contribution in [-0.4, -0.2) is 24.5 Å². The third-order valence-corrected chi connectivity index (χ3v) is 6.42. The summed E-state index contributed by atoms with van der Waals surface area (Å²) in [6.07, 6.45) is -4.47. The predicted octanol–water partition coefficient (Wildman–Crippen LogP) is 5.13. The van der Waals surface area contributed by atoms with E-state index in [1.165, 1.54) is 0 Å². The molecule has 0 amide bonds. The first-order valence-electron chi connectivity index (χ1n) is 8.83. The van der Waals surface area contributed by atoms with Crippen LogP contribution in [0.5, 0.6) is 0 Å². The van der Waals surface area contributed by atoms with Crippen LogP contribution in [0.1, 0.15) is 21.5 Å². The molecule has 13 heteroatoms. The summed E-state index contributed by atoms with van der Waals surface area (Å²) in [6.45, 7) is -0.870. The summed E-state index contributed by atoms with van der Waals surface area (Å²) in [7, 11) is -4.67. The number of nitrogens with zero attached hydrogens (tertiary/aromatic N) is 2. The van der Waals surface area contributed by atoms with Crippen LogP contribution in [0.4, 0.5) is 27.8 Å². The highest BCUT2D eigenvalue weighted by molar-refractivity contribution is 7.92. The van der Waals surface area contributed by atoms with Gasteiger partial charge in [0.15, 0.2) is 5.82 Å². The smallest absolute Gasteiger partial charge is 0.417 e. The fraction of sp³-hybridized carbons (Fsp3) is 0.100. The lowest BCUT2D eigenvalue weighted by Gasteiger charge is -2.25. The number of carbonyl (C=O) groups is 1. The van der Waals surface area contributed by atoms with Gasteiger partial charge >= 0.3 is 12.1 Å². The third-order valence-electron chi connectivity index (χ3n) is 4.40. The number of aromatic nitrogens is 1. The molecule has 6 nitrogen and oxygen atoms in total. The normalized spacial score (nSPS) is 11.9. The van der Waals surface area contributed by atoms with Crippen molar-refractivity contribution in [3.63, 3.8) is 0 Å². The summed E-state index contributed by atoms with van der Waals surface area (Å²) in [5.41, 5.74) is -1.93. The average molecular weight is 507 g/mol. The zero-order valence-corrected chi connectivity index (χ0v) is 17.7. The minimum absolute atomic E-state index is 0.234. The molecule has 1 heterocycles. The van der Waals surface area contributed by atoms with Gasteiger partial charge in [-0.15, -0.1) is 0 Å². The van der Waals surface area contributed by atoms with Crippen LogP contribution < -0.4 is 4.31 Å². The molecule has 3 rings (SSSR count). The summed E-state index contributed by atoms with van der Waals surface area (Å²) in [6, 6.07) is 6.54. The molecule has 1 N–H and O–H groups in total. The Morgan fingerprint density at radius 1 is 1.06 bits per heavy atom. The van der Waals surface area contributed by atoms with Crippen LogP contribution in [0.3, 0.4) is 0 Å². The van der Waals surface area contributed by atoms with Crippen molar-refractivity contribution in [3.05, 3.63) is 88.1 Å². The van der Waals surface area contributed by atoms with Crippen molar-refractivity contribution in [3.8, 4) is 0 Å². The number of carboxylic acids is 1. The molecule has 2 aromatic carbocycles. The molecule has 1 aromatic heterocycles. The van der Waals surface area contributed by atoms with Crippen LogP contribution in [0, 0.1) is 11.6 Å². The van der Waals surface area contributed by atoms with Crippen molar-refractivity contribution in [1.29, 1.82) is 0 Å². The van der Waals surface area contributed by atoms with Crippen LogP contribution in [-0.2, 0) is 22.7 Å². The highest BCUT2D eigenvalue weighted by atomic mass is 35.5. The Kier molecular flexibility index (Phi) is 6.61. The van der Waals surface area contributed by atoms with Crippen LogP contribution in [0.25, 0.3) is 0 Å². The molecule has 0 fully saturated rings. The maximum Gasteiger partial charge on any atom is 0.417 e. The van der Waals surface area contributed by atoms with Gasteiger partial charge in [0.25, 0.3) is 10.0 Å². The standard InChI is InChI=1S/C20H12ClF5N2O4S/c21-16-8-13(20(24,25)26)9-27-18(16)28(10-12-7-14(22)3-6-17(12)23)33(31,32)15-4-1-11(2-5-15)19(29)30/h1-9H,10H2,(H,29,30). The Morgan fingerprint density at radius 3 is 2.24 bits per heavy atom. The summed E-state index contributed by atoms with van der Waals surface area (Å²) >= 11 is 5.91. The zero-order valence-electron chi connectivity index (χ0n) is 16.1. The molecular weight excluding hydrogens is 495 g/mol. The maximum absolute atomic E-state index is 14.2. The molecule has 0 saturated carbocycles. The van der Waals surface area contributed by atoms with Gasteiger partial charge in [0.2, 0.25) is 0 Å². The average Bonchev–Trinajstić information content (AvgIpc) is 2.74. The lowest BCUT2D eigenvalue weighted by atomic mass is 10.2. The molecule has 0 atom stereocenters. The molecule has 0 radical (unpaired) electrons. The zero-order chi connectivity index (χ0) is 24.6. The number of sulfonamides is 1. The molecule has 0 saturated heterocycles. The Hall–Kier alpha value is -3.25. The summed E-state index contributed by atoms with van der Waals surface area (Å²) in [4.78, 5) is 14.1. The van der Waals surface area contributed by atoms with Crippen LogP contribution >= 0.6 is 11.6 Å². The van der Waals surface area contributed by atoms with E-state index in [2.05, 4.69) is 4.98 Å². The largest absolute Gasteiger partial charge is 0.478 e. The molecule has 0 spiro atoms. The fourth-order valence-corrected chi connectivity index (χ4v) is 4.49. The predicted molar refractivity (Wildman–Crippen MR) is 107 cm³/mol. The van der Waals surface area contributed by atoms with Crippen molar-refractivity contribution in [2.75, 3.05) is 4.31 Å². The molecular formula is C20H12ClF5N2O4S. The van der Waals surface area contributed by atoms with Crippen molar-refractivity contribution in [1.82, 2.24) is 4.98 Å². The van der Waals surface area contributed by atoms with Gasteiger partial charge in [0, 0.05) is 11.8 Å². The van der Waals surface area contributed by atoms with Crippen molar-refractivity contribution in [2.24, 2.45) is 0 Å². The number of hydrogen-bond acceptors (Lipinski definition) is 4. The number of pyridine rings is 1. The molecule has 0 aliphatic heterocycles. The minimum Gasteiger partial charge on any atom is -0.478 e. The Labute approximate surface area is 188 Å². The maximum atomic E-state index is 14.2. The second-order valence-corrected chi connectivity index (χ2v) is 8.87. The summed E-state index contributed by atoms with van der Waals surface area (Å²) in [5.74, 6) is -3.87. The number of carboxylic acid groups (broad SMARTS) is 1. The second kappa shape index (κ2) is 8.94. The van der Waals surface area contributed by atoms with E-state index < -0.39 is 67.2 Å². The number of anilines is 1. The van der Waals surface area contributed by atoms with E-state index >= 15 is 0 Å². The Balaban J connectivity index is 2.16. The minimum atomic E-state index is -4.82. The SMILES string of the molecule is O=C(O)c1ccc(S(=O)(=O)N(Cc2cc(F)ccc2F)c2ncc(C(F)(F)F)cc2Cl)cc1. The van der Waals surface area contributed by atoms with E-state index in [0.717, 1.165) is 36.4 Å². The fourth-order valence-electron chi connectivity index (χ4n) is 2.76. The third kappa shape index (κ3) is 5.22. The highest BCUT2D eigenvalue weighted by Crippen LogP contribution is 2.36. The van der Waals surface area contributed by atoms with Gasteiger partial charge in [-0.3, -0.25) is 0 Å². The second-order valence-electron chi connectivity index (χ2n) is 6.60. The molecule has 0 bridgehead atoms. The van der Waals surface area contributed by atoms with E-state index in [-0.39, 0.29) is 5.56 Å². The first-order chi connectivity index (χ1) is 15.3. The van der Waals surface area contributed by atoms with Crippen LogP contribution in [0.2, 0.25) is 5.02 Å². The topological polar surface area (TPSA) is 87.6 Å². The van der Waals surface area contributed by atoms with Gasteiger partial charge in [-0.05, 0) is 48.5 Å². The number of alkyl halides is 3. The molecule has 0 aliphatic rings. The van der Waals surface area contributed by atoms with Gasteiger partial charge in [0.1, 0.15) is 11.6 Å². The summed E-state index contributed by atoms with van der Waals surface area (Å²) < 4.78 is 93.8. The number of hydrogen-bond donors (Lipinski definition) is 1. The molecule has 0 aliphatic carbocycles. The molecule has 3 aromatic rings. The van der Waals surface area contributed by atoms with E-state index in [0.29, 0.717) is 22.6 Å². The van der Waals surface area contributed by atoms with Gasteiger partial charge in [-0.1, -0.05) is 11.6 Å². The number of rotatable bonds is 6. The van der Waals surface area contributed by atoms with Gasteiger partial charge < -0.3 is 5.11 Å². The molecule has 0 unspecified atom stereocenters. The quantitative estimate of drug-likeness (QED) is 0.469. The number of halogens is 6. The first-order valence-corrected chi connectivity index (χ1v) is 10.7. The van der Waals surface area contributed by atoms with Crippen molar-refractivity contribution in [2.45, 2.75) is 17.6 Å². The van der Waals surface area contributed by atoms with Crippen LogP contribution in [0.15, 0.2) is 59.6 Å². The van der Waals surface area contributed by atoms with Gasteiger partial charge in [-0.25, -0.2) is 31.3 Å². The van der Waals surface area contributed by atoms with E-state index in [1.54, 1.807) is 0 Å². The number of benzene rings is 2. The van der Waals surface area contributed by atoms with Gasteiger partial charge in [-0.2, -0.15) is 13.2 Å². The summed E-state index contributed by atoms with van der Waals surface area (Å²) in [5, 5.41) is 8.27. The van der Waals surface area contributed by atoms with Gasteiger partial charge in [0.05, 0.1) is 27.6 Å². The van der Waals surface area contributed by atoms with Crippen molar-refractivity contribution >= 4 is 33.4 Å². The lowest BCUT2D eigenvalue weighted by molar-refractivity contribution is -0.137. The van der Waals surface area contributed by atoms with E-state index in [9.17, 15) is 35.2 Å². The Bertz CT molecular complexity index is 1320. The van der Waals surface area contributed by atoms with E-state index in [4.69, 9.17) is 16.7 Å². The first kappa shape index (κ1) is 24.4. The van der Waals surface area contributed by atoms with E-state index in [1.807, 2.05) is 0 Å². The lowest BCUT2D eigenvalue weighted by Crippen LogP contribution is -2.32. The molecule has 174 valence electrons. The highest BCUT2D eigenvalue weighted by Gasteiger charge is 2.34. The van der Waals surface area contributed by atoms with Crippen molar-refractivity contribution < 1.29 is 40.3 Å². The number of aromatic carboxylic acids is 1. The molecule has 33 heavy (non-hydrogen) atoms.